The number of nitrogens with two attached hydrogens (primary N) is 1. The first kappa shape index (κ1) is 39.7. The lowest BCUT2D eigenvalue weighted by atomic mass is 10.0. The van der Waals surface area contributed by atoms with Gasteiger partial charge in [0.05, 0.1) is 29.7 Å². The van der Waals surface area contributed by atoms with Crippen molar-refractivity contribution in [2.45, 2.75) is 89.5 Å². The van der Waals surface area contributed by atoms with Crippen molar-refractivity contribution in [3.8, 4) is 11.8 Å². The fourth-order valence-corrected chi connectivity index (χ4v) is 7.30. The van der Waals surface area contributed by atoms with E-state index in [4.69, 9.17) is 20.5 Å². The number of amides is 2. The fourth-order valence-electron chi connectivity index (χ4n) is 5.13. The van der Waals surface area contributed by atoms with Crippen LogP contribution in [0.4, 0.5) is 4.79 Å². The van der Waals surface area contributed by atoms with Gasteiger partial charge >= 0.3 is 6.09 Å². The third kappa shape index (κ3) is 11.2. The zero-order valence-corrected chi connectivity index (χ0v) is 30.9. The Balaban J connectivity index is 1.76. The summed E-state index contributed by atoms with van der Waals surface area (Å²) in [6, 6.07) is 8.32. The summed E-state index contributed by atoms with van der Waals surface area (Å²) in [5.74, 6) is -0.331. The lowest BCUT2D eigenvalue weighted by molar-refractivity contribution is -0.124. The number of guanidine groups is 1. The summed E-state index contributed by atoms with van der Waals surface area (Å²) in [4.78, 5) is 34.9. The number of carbonyl (C=O) groups is 2. The minimum absolute atomic E-state index is 0.0652. The van der Waals surface area contributed by atoms with E-state index < -0.39 is 45.8 Å². The minimum atomic E-state index is -4.07. The summed E-state index contributed by atoms with van der Waals surface area (Å²) in [5, 5.41) is 27.9. The number of carbonyl (C=O) groups excluding carboxylic acids is 2. The van der Waals surface area contributed by atoms with Gasteiger partial charge in [-0.3, -0.25) is 9.79 Å². The molecule has 6 N–H and O–H groups in total. The molecule has 16 heteroatoms. The monoisotopic (exact) mass is 727 g/mol. The number of aryl methyl sites for hydroxylation is 1. The molecule has 0 bridgehead atoms. The molecule has 1 aromatic heterocycles. The van der Waals surface area contributed by atoms with Crippen LogP contribution in [0.1, 0.15) is 72.5 Å². The maximum absolute atomic E-state index is 13.7. The molecular formula is C34H45N7O7S2. The largest absolute Gasteiger partial charge is 0.496 e. The number of thiazole rings is 1. The number of nitriles is 1. The maximum Gasteiger partial charge on any atom is 0.408 e. The van der Waals surface area contributed by atoms with Gasteiger partial charge in [-0.25, -0.2) is 22.9 Å². The van der Waals surface area contributed by atoms with E-state index >= 15 is 0 Å². The average molecular weight is 728 g/mol. The Kier molecular flexibility index (Phi) is 13.7. The number of ether oxygens (including phenoxy) is 2. The first-order valence-electron chi connectivity index (χ1n) is 15.8. The van der Waals surface area contributed by atoms with Gasteiger partial charge in [0, 0.05) is 24.5 Å². The highest BCUT2D eigenvalue weighted by Gasteiger charge is 2.30. The molecule has 2 aromatic carbocycles. The van der Waals surface area contributed by atoms with Crippen molar-refractivity contribution < 1.29 is 32.6 Å². The van der Waals surface area contributed by atoms with Gasteiger partial charge in [0.15, 0.2) is 0 Å². The number of sulfonamides is 1. The van der Waals surface area contributed by atoms with Gasteiger partial charge in [0.25, 0.3) is 10.0 Å². The molecule has 3 aromatic rings. The highest BCUT2D eigenvalue weighted by atomic mass is 32.2. The number of nitrogens with one attached hydrogen (secondary N) is 3. The molecule has 2 amide bonds. The summed E-state index contributed by atoms with van der Waals surface area (Å²) in [7, 11) is -2.55. The first-order valence-corrected chi connectivity index (χ1v) is 18.2. The van der Waals surface area contributed by atoms with E-state index in [1.165, 1.54) is 24.6 Å². The molecule has 0 fully saturated rings. The summed E-state index contributed by atoms with van der Waals surface area (Å²) < 4.78 is 39.5. The van der Waals surface area contributed by atoms with Crippen LogP contribution < -0.4 is 25.8 Å². The number of methoxy groups -OCH3 is 1. The number of benzene rings is 2. The predicted molar refractivity (Wildman–Crippen MR) is 190 cm³/mol. The number of alkyl carbamates (subject to hydrolysis) is 1. The number of aliphatic imine (C=N–C) groups is 1. The number of aliphatic hydroxyl groups is 1. The van der Waals surface area contributed by atoms with Crippen LogP contribution in [0, 0.1) is 32.1 Å². The number of rotatable bonds is 14. The summed E-state index contributed by atoms with van der Waals surface area (Å²) in [6.07, 6.45) is 0.0952. The minimum Gasteiger partial charge on any atom is -0.496 e. The van der Waals surface area contributed by atoms with E-state index in [-0.39, 0.29) is 36.7 Å². The molecule has 0 aliphatic heterocycles. The molecule has 0 aliphatic rings. The third-order valence-corrected chi connectivity index (χ3v) is 10.1. The average Bonchev–Trinajstić information content (AvgIpc) is 3.58. The van der Waals surface area contributed by atoms with Gasteiger partial charge in [-0.15, -0.1) is 11.3 Å². The Hall–Kier alpha value is -4.72. The second-order valence-electron chi connectivity index (χ2n) is 12.6. The van der Waals surface area contributed by atoms with E-state index in [0.717, 1.165) is 0 Å². The van der Waals surface area contributed by atoms with E-state index in [1.54, 1.807) is 77.3 Å². The van der Waals surface area contributed by atoms with Crippen molar-refractivity contribution in [2.24, 2.45) is 10.7 Å². The molecule has 0 saturated heterocycles. The first-order chi connectivity index (χ1) is 23.4. The molecule has 3 atom stereocenters. The Morgan fingerprint density at radius 2 is 1.82 bits per heavy atom. The van der Waals surface area contributed by atoms with Crippen molar-refractivity contribution in [1.29, 1.82) is 5.26 Å². The smallest absolute Gasteiger partial charge is 0.408 e. The Labute approximate surface area is 297 Å². The molecule has 3 rings (SSSR count). The van der Waals surface area contributed by atoms with E-state index in [2.05, 4.69) is 25.3 Å². The van der Waals surface area contributed by atoms with Crippen LogP contribution in [0.2, 0.25) is 0 Å². The number of hydrogen-bond donors (Lipinski definition) is 5. The number of aromatic nitrogens is 1. The van der Waals surface area contributed by atoms with Crippen LogP contribution in [0.15, 0.2) is 51.8 Å². The van der Waals surface area contributed by atoms with Crippen LogP contribution in [0.3, 0.4) is 0 Å². The van der Waals surface area contributed by atoms with Crippen molar-refractivity contribution in [1.82, 2.24) is 20.3 Å². The molecule has 0 aliphatic carbocycles. The van der Waals surface area contributed by atoms with Crippen LogP contribution >= 0.6 is 11.3 Å². The quantitative estimate of drug-likeness (QED) is 0.0922. The Morgan fingerprint density at radius 1 is 1.14 bits per heavy atom. The molecule has 50 heavy (non-hydrogen) atoms. The predicted octanol–water partition coefficient (Wildman–Crippen LogP) is 3.68. The highest BCUT2D eigenvalue weighted by Crippen LogP contribution is 2.30. The topological polar surface area (TPSA) is 218 Å². The number of nitrogens with zero attached hydrogens (tertiary/aromatic N) is 3. The highest BCUT2D eigenvalue weighted by molar-refractivity contribution is 7.90. The van der Waals surface area contributed by atoms with E-state index in [0.29, 0.717) is 38.6 Å². The van der Waals surface area contributed by atoms with Gasteiger partial charge in [-0.1, -0.05) is 12.1 Å². The normalized spacial score (nSPS) is 13.8. The lowest BCUT2D eigenvalue weighted by Crippen LogP contribution is -2.52. The van der Waals surface area contributed by atoms with Gasteiger partial charge in [-0.2, -0.15) is 5.26 Å². The van der Waals surface area contributed by atoms with E-state index in [1.807, 2.05) is 6.07 Å². The fraction of sp³-hybridized carbons (Fsp3) is 0.441. The molecule has 0 saturated carbocycles. The van der Waals surface area contributed by atoms with Crippen LogP contribution in [0.5, 0.6) is 5.75 Å². The standard InChI is InChI=1S/C34H45N7O7S2/c1-20-17-27(47-7)21(2)22(3)29(20)50(45,46)41-32(36)38-14-8-9-25(28(42)31-37-15-16-49-31)39-30(43)26(40-33(44)48-34(4,5)6)18-23-10-12-24(19-35)13-11-23/h10-13,15-17,25-26,28,42H,8-9,14,18H2,1-7H3,(H,39,43)(H,40,44)(H3,36,38,41)/t25-,26-,28?/m0/s1. The molecule has 0 radical (unpaired) electrons. The van der Waals surface area contributed by atoms with Crippen LogP contribution in [-0.2, 0) is 26.0 Å². The molecule has 14 nitrogen and oxygen atoms in total. The lowest BCUT2D eigenvalue weighted by Gasteiger charge is -2.27. The maximum atomic E-state index is 13.7. The van der Waals surface area contributed by atoms with Gasteiger partial charge in [0.2, 0.25) is 11.9 Å². The number of aliphatic hydroxyl groups excluding tert-OH is 1. The molecule has 1 heterocycles. The van der Waals surface area contributed by atoms with E-state index in [9.17, 15) is 23.1 Å². The van der Waals surface area contributed by atoms with Crippen molar-refractivity contribution in [3.05, 3.63) is 74.7 Å². The van der Waals surface area contributed by atoms with Gasteiger partial charge < -0.3 is 30.9 Å². The molecule has 270 valence electrons. The summed E-state index contributed by atoms with van der Waals surface area (Å²) >= 11 is 1.21. The summed E-state index contributed by atoms with van der Waals surface area (Å²) in [6.45, 7) is 10.3. The van der Waals surface area contributed by atoms with Crippen LogP contribution in [0.25, 0.3) is 0 Å². The SMILES string of the molecule is COc1cc(C)c(S(=O)(=O)NC(N)=NCCC[C@H](NC(=O)[C@H](Cc2ccc(C#N)cc2)NC(=O)OC(C)(C)C)C(O)c2nccs2)c(C)c1C. The van der Waals surface area contributed by atoms with Gasteiger partial charge in [-0.05, 0) is 94.8 Å². The molecule has 1 unspecified atom stereocenters. The molecular weight excluding hydrogens is 683 g/mol. The van der Waals surface area contributed by atoms with Crippen LogP contribution in [-0.4, -0.2) is 67.8 Å². The van der Waals surface area contributed by atoms with Gasteiger partial charge in [0.1, 0.15) is 28.5 Å². The second kappa shape index (κ2) is 17.3. The van der Waals surface area contributed by atoms with Crippen molar-refractivity contribution in [2.75, 3.05) is 13.7 Å². The zero-order chi connectivity index (χ0) is 37.2. The third-order valence-electron chi connectivity index (χ3n) is 7.60. The van der Waals surface area contributed by atoms with Crippen molar-refractivity contribution in [3.63, 3.8) is 0 Å². The Morgan fingerprint density at radius 3 is 2.40 bits per heavy atom. The Bertz CT molecular complexity index is 1820. The second-order valence-corrected chi connectivity index (χ2v) is 15.2. The summed E-state index contributed by atoms with van der Waals surface area (Å²) in [5.41, 5.74) is 7.98. The van der Waals surface area contributed by atoms with Crippen molar-refractivity contribution >= 4 is 39.3 Å². The zero-order valence-electron chi connectivity index (χ0n) is 29.2. The number of hydrogen-bond acceptors (Lipinski definition) is 11. The molecule has 0 spiro atoms.